The number of hydrogen-bond acceptors (Lipinski definition) is 5. The molecule has 0 aliphatic heterocycles. The second kappa shape index (κ2) is 7.70. The number of benzene rings is 2. The number of amides is 1. The predicted octanol–water partition coefficient (Wildman–Crippen LogP) is 3.53. The summed E-state index contributed by atoms with van der Waals surface area (Å²) < 4.78 is 15.3. The minimum atomic E-state index is -0.461. The number of hydrogen-bond donors (Lipinski definition) is 1. The van der Waals surface area contributed by atoms with E-state index in [0.717, 1.165) is 0 Å². The third kappa shape index (κ3) is 4.17. The monoisotopic (exact) mass is 349 g/mol. The molecule has 0 aliphatic carbocycles. The molecule has 6 nitrogen and oxygen atoms in total. The number of carbonyl (C=O) groups excluding carboxylic acids is 2. The SMILES string of the molecule is COc1cc(NC(=O)c2cccc(OC(C)=O)c2)c(OC)cc1Cl. The van der Waals surface area contributed by atoms with Crippen molar-refractivity contribution < 1.29 is 23.8 Å². The Bertz CT molecular complexity index is 776. The average Bonchev–Trinajstić information content (AvgIpc) is 2.55. The summed E-state index contributed by atoms with van der Waals surface area (Å²) in [4.78, 5) is 23.4. The summed E-state index contributed by atoms with van der Waals surface area (Å²) in [6.07, 6.45) is 0. The van der Waals surface area contributed by atoms with Crippen LogP contribution in [0.3, 0.4) is 0 Å². The molecule has 2 aromatic carbocycles. The molecule has 2 aromatic rings. The first-order valence-corrected chi connectivity index (χ1v) is 7.33. The van der Waals surface area contributed by atoms with Gasteiger partial charge in [-0.05, 0) is 18.2 Å². The van der Waals surface area contributed by atoms with Gasteiger partial charge in [-0.25, -0.2) is 0 Å². The summed E-state index contributed by atoms with van der Waals surface area (Å²) in [5.74, 6) is 0.228. The predicted molar refractivity (Wildman–Crippen MR) is 90.3 cm³/mol. The Balaban J connectivity index is 2.28. The number of halogens is 1. The number of methoxy groups -OCH3 is 2. The number of ether oxygens (including phenoxy) is 3. The summed E-state index contributed by atoms with van der Waals surface area (Å²) in [5.41, 5.74) is 0.728. The van der Waals surface area contributed by atoms with E-state index >= 15 is 0 Å². The molecule has 0 heterocycles. The molecule has 0 saturated heterocycles. The highest BCUT2D eigenvalue weighted by Crippen LogP contribution is 2.36. The van der Waals surface area contributed by atoms with Crippen LogP contribution in [-0.2, 0) is 4.79 Å². The fourth-order valence-corrected chi connectivity index (χ4v) is 2.25. The van der Waals surface area contributed by atoms with Crippen molar-refractivity contribution in [3.05, 3.63) is 47.0 Å². The maximum Gasteiger partial charge on any atom is 0.308 e. The van der Waals surface area contributed by atoms with Crippen molar-refractivity contribution >= 4 is 29.2 Å². The molecule has 0 fully saturated rings. The van der Waals surface area contributed by atoms with Crippen LogP contribution in [0.25, 0.3) is 0 Å². The first-order valence-electron chi connectivity index (χ1n) is 6.96. The second-order valence-corrected chi connectivity index (χ2v) is 5.17. The van der Waals surface area contributed by atoms with E-state index in [1.165, 1.54) is 27.2 Å². The van der Waals surface area contributed by atoms with E-state index in [1.54, 1.807) is 30.3 Å². The van der Waals surface area contributed by atoms with Gasteiger partial charge in [0.2, 0.25) is 0 Å². The van der Waals surface area contributed by atoms with Crippen LogP contribution in [0.15, 0.2) is 36.4 Å². The first kappa shape index (κ1) is 17.6. The summed E-state index contributed by atoms with van der Waals surface area (Å²) in [6.45, 7) is 1.29. The van der Waals surface area contributed by atoms with E-state index in [-0.39, 0.29) is 5.75 Å². The van der Waals surface area contributed by atoms with Gasteiger partial charge in [-0.1, -0.05) is 17.7 Å². The van der Waals surface area contributed by atoms with Crippen molar-refractivity contribution in [1.82, 2.24) is 0 Å². The van der Waals surface area contributed by atoms with E-state index in [9.17, 15) is 9.59 Å². The van der Waals surface area contributed by atoms with E-state index in [4.69, 9.17) is 25.8 Å². The van der Waals surface area contributed by atoms with Gasteiger partial charge in [-0.3, -0.25) is 9.59 Å². The van der Waals surface area contributed by atoms with Crippen molar-refractivity contribution in [2.75, 3.05) is 19.5 Å². The number of rotatable bonds is 5. The van der Waals surface area contributed by atoms with Crippen LogP contribution in [0.1, 0.15) is 17.3 Å². The maximum absolute atomic E-state index is 12.4. The Kier molecular flexibility index (Phi) is 5.65. The Morgan fingerprint density at radius 1 is 1.04 bits per heavy atom. The van der Waals surface area contributed by atoms with E-state index in [2.05, 4.69) is 5.32 Å². The largest absolute Gasteiger partial charge is 0.495 e. The first-order chi connectivity index (χ1) is 11.4. The highest BCUT2D eigenvalue weighted by molar-refractivity contribution is 6.32. The van der Waals surface area contributed by atoms with Gasteiger partial charge in [-0.2, -0.15) is 0 Å². The van der Waals surface area contributed by atoms with Crippen LogP contribution >= 0.6 is 11.6 Å². The second-order valence-electron chi connectivity index (χ2n) is 4.76. The lowest BCUT2D eigenvalue weighted by Gasteiger charge is -2.13. The quantitative estimate of drug-likeness (QED) is 0.660. The molecule has 1 N–H and O–H groups in total. The molecular formula is C17H16ClNO5. The molecule has 1 amide bonds. The zero-order valence-electron chi connectivity index (χ0n) is 13.4. The van der Waals surface area contributed by atoms with Gasteiger partial charge in [0, 0.05) is 24.6 Å². The average molecular weight is 350 g/mol. The molecule has 0 saturated carbocycles. The lowest BCUT2D eigenvalue weighted by molar-refractivity contribution is -0.131. The number of anilines is 1. The lowest BCUT2D eigenvalue weighted by atomic mass is 10.2. The minimum Gasteiger partial charge on any atom is -0.495 e. The Labute approximate surface area is 144 Å². The van der Waals surface area contributed by atoms with Gasteiger partial charge in [0.25, 0.3) is 5.91 Å². The highest BCUT2D eigenvalue weighted by atomic mass is 35.5. The highest BCUT2D eigenvalue weighted by Gasteiger charge is 2.14. The van der Waals surface area contributed by atoms with Crippen molar-refractivity contribution in [1.29, 1.82) is 0 Å². The minimum absolute atomic E-state index is 0.288. The van der Waals surface area contributed by atoms with Crippen molar-refractivity contribution in [2.24, 2.45) is 0 Å². The summed E-state index contributed by atoms with van der Waals surface area (Å²) in [6, 6.07) is 9.38. The molecule has 0 atom stereocenters. The third-order valence-electron chi connectivity index (χ3n) is 3.08. The molecule has 0 bridgehead atoms. The van der Waals surface area contributed by atoms with Crippen LogP contribution < -0.4 is 19.5 Å². The van der Waals surface area contributed by atoms with Crippen LogP contribution in [0, 0.1) is 0 Å². The molecule has 2 rings (SSSR count). The Hall–Kier alpha value is -2.73. The van der Waals surface area contributed by atoms with Crippen LogP contribution in [-0.4, -0.2) is 26.1 Å². The maximum atomic E-state index is 12.4. The van der Waals surface area contributed by atoms with Gasteiger partial charge in [0.15, 0.2) is 0 Å². The van der Waals surface area contributed by atoms with Gasteiger partial charge >= 0.3 is 5.97 Å². The molecule has 24 heavy (non-hydrogen) atoms. The van der Waals surface area contributed by atoms with Crippen molar-refractivity contribution in [3.63, 3.8) is 0 Å². The van der Waals surface area contributed by atoms with Gasteiger partial charge in [0.05, 0.1) is 24.9 Å². The summed E-state index contributed by atoms with van der Waals surface area (Å²) >= 11 is 6.04. The molecule has 0 aliphatic rings. The van der Waals surface area contributed by atoms with Crippen molar-refractivity contribution in [2.45, 2.75) is 6.92 Å². The van der Waals surface area contributed by atoms with E-state index < -0.39 is 11.9 Å². The van der Waals surface area contributed by atoms with Crippen LogP contribution in [0.5, 0.6) is 17.2 Å². The van der Waals surface area contributed by atoms with E-state index in [1.807, 2.05) is 0 Å². The zero-order valence-corrected chi connectivity index (χ0v) is 14.1. The van der Waals surface area contributed by atoms with Crippen LogP contribution in [0.2, 0.25) is 5.02 Å². The molecule has 0 spiro atoms. The van der Waals surface area contributed by atoms with Crippen molar-refractivity contribution in [3.8, 4) is 17.2 Å². The summed E-state index contributed by atoms with van der Waals surface area (Å²) in [7, 11) is 2.94. The molecule has 0 aromatic heterocycles. The third-order valence-corrected chi connectivity index (χ3v) is 3.38. The smallest absolute Gasteiger partial charge is 0.308 e. The zero-order chi connectivity index (χ0) is 17.7. The van der Waals surface area contributed by atoms with Crippen LogP contribution in [0.4, 0.5) is 5.69 Å². The lowest BCUT2D eigenvalue weighted by Crippen LogP contribution is -2.13. The summed E-state index contributed by atoms with van der Waals surface area (Å²) in [5, 5.41) is 3.08. The van der Waals surface area contributed by atoms with E-state index in [0.29, 0.717) is 27.8 Å². The Morgan fingerprint density at radius 3 is 2.38 bits per heavy atom. The standard InChI is InChI=1S/C17H16ClNO5/c1-10(20)24-12-6-4-5-11(7-12)17(21)19-14-9-15(22-2)13(18)8-16(14)23-3/h4-9H,1-3H3,(H,19,21). The molecule has 0 radical (unpaired) electrons. The molecule has 7 heteroatoms. The molecule has 0 unspecified atom stereocenters. The normalized spacial score (nSPS) is 10.0. The topological polar surface area (TPSA) is 73.9 Å². The van der Waals surface area contributed by atoms with Gasteiger partial charge in [-0.15, -0.1) is 0 Å². The van der Waals surface area contributed by atoms with Gasteiger partial charge in [0.1, 0.15) is 17.2 Å². The number of nitrogens with one attached hydrogen (secondary N) is 1. The number of carbonyl (C=O) groups is 2. The fraction of sp³-hybridized carbons (Fsp3) is 0.176. The molecular weight excluding hydrogens is 334 g/mol. The fourth-order valence-electron chi connectivity index (χ4n) is 2.02. The number of esters is 1. The Morgan fingerprint density at radius 2 is 1.75 bits per heavy atom. The van der Waals surface area contributed by atoms with Gasteiger partial charge < -0.3 is 19.5 Å². The molecule has 126 valence electrons.